The van der Waals surface area contributed by atoms with Crippen molar-refractivity contribution in [3.63, 3.8) is 0 Å². The van der Waals surface area contributed by atoms with Crippen molar-refractivity contribution in [3.8, 4) is 0 Å². The van der Waals surface area contributed by atoms with Crippen LogP contribution in [0, 0.1) is 5.92 Å². The highest BCUT2D eigenvalue weighted by atomic mass is 32.2. The van der Waals surface area contributed by atoms with Crippen molar-refractivity contribution in [1.29, 1.82) is 0 Å². The molecule has 0 amide bonds. The Balaban J connectivity index is 1.94. The molecule has 7 heteroatoms. The van der Waals surface area contributed by atoms with E-state index in [9.17, 15) is 8.42 Å². The van der Waals surface area contributed by atoms with Crippen LogP contribution in [0.25, 0.3) is 0 Å². The van der Waals surface area contributed by atoms with E-state index in [-0.39, 0.29) is 10.9 Å². The van der Waals surface area contributed by atoms with E-state index in [2.05, 4.69) is 22.1 Å². The predicted octanol–water partition coefficient (Wildman–Crippen LogP) is 0.569. The van der Waals surface area contributed by atoms with Gasteiger partial charge in [0.25, 0.3) is 0 Å². The quantitative estimate of drug-likeness (QED) is 0.732. The standard InChI is InChI=1S/C12H22N4O2S/c1-3-4-10-7-12(10)15-19(17,18)11-8-14-16(9-11)6-5-13-2/h8-10,12-13,15H,3-7H2,1-2H3. The lowest BCUT2D eigenvalue weighted by Crippen LogP contribution is -2.26. The third-order valence-corrected chi connectivity index (χ3v) is 4.84. The molecule has 0 saturated heterocycles. The number of hydrogen-bond donors (Lipinski definition) is 2. The molecule has 0 spiro atoms. The number of aromatic nitrogens is 2. The van der Waals surface area contributed by atoms with Gasteiger partial charge < -0.3 is 5.32 Å². The Kier molecular flexibility index (Phi) is 4.59. The van der Waals surface area contributed by atoms with Gasteiger partial charge in [0.1, 0.15) is 4.90 Å². The number of sulfonamides is 1. The first-order valence-corrected chi connectivity index (χ1v) is 8.24. The van der Waals surface area contributed by atoms with Crippen LogP contribution in [-0.4, -0.2) is 37.8 Å². The minimum absolute atomic E-state index is 0.116. The fraction of sp³-hybridized carbons (Fsp3) is 0.750. The lowest BCUT2D eigenvalue weighted by Gasteiger charge is -2.03. The molecule has 1 aliphatic carbocycles. The Labute approximate surface area is 114 Å². The first kappa shape index (κ1) is 14.5. The number of nitrogens with zero attached hydrogens (tertiary/aromatic N) is 2. The molecule has 2 rings (SSSR count). The molecule has 0 aromatic carbocycles. The SMILES string of the molecule is CCCC1CC1NS(=O)(=O)c1cnn(CCNC)c1. The first-order chi connectivity index (χ1) is 9.06. The number of rotatable bonds is 8. The lowest BCUT2D eigenvalue weighted by molar-refractivity contribution is 0.570. The lowest BCUT2D eigenvalue weighted by atomic mass is 10.2. The Bertz CT molecular complexity index is 512. The molecular weight excluding hydrogens is 264 g/mol. The molecule has 1 saturated carbocycles. The second kappa shape index (κ2) is 6.02. The molecular formula is C12H22N4O2S. The molecule has 0 bridgehead atoms. The van der Waals surface area contributed by atoms with Crippen molar-refractivity contribution < 1.29 is 8.42 Å². The van der Waals surface area contributed by atoms with Crippen molar-refractivity contribution in [2.24, 2.45) is 5.92 Å². The third kappa shape index (κ3) is 3.77. The highest BCUT2D eigenvalue weighted by Crippen LogP contribution is 2.35. The van der Waals surface area contributed by atoms with Crippen LogP contribution in [0.3, 0.4) is 0 Å². The summed E-state index contributed by atoms with van der Waals surface area (Å²) in [6, 6.07) is 0.116. The highest BCUT2D eigenvalue weighted by molar-refractivity contribution is 7.89. The summed E-state index contributed by atoms with van der Waals surface area (Å²) in [5.41, 5.74) is 0. The van der Waals surface area contributed by atoms with E-state index in [0.29, 0.717) is 12.5 Å². The van der Waals surface area contributed by atoms with E-state index in [1.54, 1.807) is 10.9 Å². The van der Waals surface area contributed by atoms with Gasteiger partial charge in [-0.15, -0.1) is 0 Å². The monoisotopic (exact) mass is 286 g/mol. The topological polar surface area (TPSA) is 76.0 Å². The van der Waals surface area contributed by atoms with Gasteiger partial charge in [-0.3, -0.25) is 4.68 Å². The zero-order valence-corrected chi connectivity index (χ0v) is 12.3. The Morgan fingerprint density at radius 1 is 1.53 bits per heavy atom. The van der Waals surface area contributed by atoms with E-state index in [1.165, 1.54) is 6.20 Å². The number of hydrogen-bond acceptors (Lipinski definition) is 4. The van der Waals surface area contributed by atoms with Gasteiger partial charge in [0, 0.05) is 18.8 Å². The van der Waals surface area contributed by atoms with Gasteiger partial charge >= 0.3 is 0 Å². The van der Waals surface area contributed by atoms with Crippen molar-refractivity contribution in [1.82, 2.24) is 19.8 Å². The molecule has 2 N–H and O–H groups in total. The summed E-state index contributed by atoms with van der Waals surface area (Å²) in [6.07, 6.45) is 6.15. The fourth-order valence-corrected chi connectivity index (χ4v) is 3.45. The van der Waals surface area contributed by atoms with Gasteiger partial charge in [-0.2, -0.15) is 5.10 Å². The third-order valence-electron chi connectivity index (χ3n) is 3.40. The maximum Gasteiger partial charge on any atom is 0.243 e. The molecule has 6 nitrogen and oxygen atoms in total. The molecule has 19 heavy (non-hydrogen) atoms. The van der Waals surface area contributed by atoms with Crippen LogP contribution >= 0.6 is 0 Å². The summed E-state index contributed by atoms with van der Waals surface area (Å²) >= 11 is 0. The minimum Gasteiger partial charge on any atom is -0.318 e. The fourth-order valence-electron chi connectivity index (χ4n) is 2.18. The highest BCUT2D eigenvalue weighted by Gasteiger charge is 2.39. The van der Waals surface area contributed by atoms with Crippen molar-refractivity contribution >= 4 is 10.0 Å². The van der Waals surface area contributed by atoms with Gasteiger partial charge in [-0.1, -0.05) is 13.3 Å². The van der Waals surface area contributed by atoms with Gasteiger partial charge in [0.15, 0.2) is 0 Å². The summed E-state index contributed by atoms with van der Waals surface area (Å²) in [6.45, 7) is 3.54. The van der Waals surface area contributed by atoms with Crippen LogP contribution in [0.4, 0.5) is 0 Å². The normalized spacial score (nSPS) is 22.6. The molecule has 2 unspecified atom stereocenters. The van der Waals surface area contributed by atoms with Crippen LogP contribution in [0.5, 0.6) is 0 Å². The molecule has 1 aromatic rings. The van der Waals surface area contributed by atoms with Crippen molar-refractivity contribution in [2.45, 2.75) is 43.7 Å². The number of likely N-dealkylation sites (N-methyl/N-ethyl adjacent to an activating group) is 1. The molecule has 1 fully saturated rings. The first-order valence-electron chi connectivity index (χ1n) is 6.76. The van der Waals surface area contributed by atoms with Crippen LogP contribution in [0.1, 0.15) is 26.2 Å². The minimum atomic E-state index is -3.41. The molecule has 1 heterocycles. The van der Waals surface area contributed by atoms with E-state index < -0.39 is 10.0 Å². The van der Waals surface area contributed by atoms with Crippen LogP contribution in [-0.2, 0) is 16.6 Å². The molecule has 108 valence electrons. The van der Waals surface area contributed by atoms with E-state index in [4.69, 9.17) is 0 Å². The van der Waals surface area contributed by atoms with Crippen molar-refractivity contribution in [2.75, 3.05) is 13.6 Å². The maximum atomic E-state index is 12.1. The Morgan fingerprint density at radius 3 is 3.00 bits per heavy atom. The van der Waals surface area contributed by atoms with Crippen LogP contribution in [0.15, 0.2) is 17.3 Å². The van der Waals surface area contributed by atoms with Crippen molar-refractivity contribution in [3.05, 3.63) is 12.4 Å². The average Bonchev–Trinajstić information content (AvgIpc) is 2.91. The van der Waals surface area contributed by atoms with E-state index in [1.807, 2.05) is 7.05 Å². The maximum absolute atomic E-state index is 12.1. The van der Waals surface area contributed by atoms with Gasteiger partial charge in [0.05, 0.1) is 12.7 Å². The second-order valence-corrected chi connectivity index (χ2v) is 6.77. The summed E-state index contributed by atoms with van der Waals surface area (Å²) in [4.78, 5) is 0.255. The zero-order chi connectivity index (χ0) is 13.9. The molecule has 0 radical (unpaired) electrons. The summed E-state index contributed by atoms with van der Waals surface area (Å²) in [5.74, 6) is 0.513. The average molecular weight is 286 g/mol. The summed E-state index contributed by atoms with van der Waals surface area (Å²) < 4.78 is 28.7. The number of nitrogens with one attached hydrogen (secondary N) is 2. The van der Waals surface area contributed by atoms with E-state index >= 15 is 0 Å². The van der Waals surface area contributed by atoms with Gasteiger partial charge in [-0.05, 0) is 25.8 Å². The summed E-state index contributed by atoms with van der Waals surface area (Å²) in [5, 5.41) is 7.06. The molecule has 1 aromatic heterocycles. The van der Waals surface area contributed by atoms with Crippen LogP contribution in [0.2, 0.25) is 0 Å². The predicted molar refractivity (Wildman–Crippen MR) is 73.3 cm³/mol. The largest absolute Gasteiger partial charge is 0.318 e. The molecule has 1 aliphatic rings. The van der Waals surface area contributed by atoms with Gasteiger partial charge in [-0.25, -0.2) is 13.1 Å². The van der Waals surface area contributed by atoms with Gasteiger partial charge in [0.2, 0.25) is 10.0 Å². The zero-order valence-electron chi connectivity index (χ0n) is 11.5. The second-order valence-electron chi connectivity index (χ2n) is 5.05. The molecule has 2 atom stereocenters. The summed E-state index contributed by atoms with van der Waals surface area (Å²) in [7, 11) is -1.56. The van der Waals surface area contributed by atoms with E-state index in [0.717, 1.165) is 25.8 Å². The Hall–Kier alpha value is -0.920. The van der Waals surface area contributed by atoms with Crippen LogP contribution < -0.4 is 10.0 Å². The Morgan fingerprint density at radius 2 is 2.32 bits per heavy atom. The molecule has 0 aliphatic heterocycles. The smallest absolute Gasteiger partial charge is 0.243 e.